The molecule has 2 aromatic carbocycles. The van der Waals surface area contributed by atoms with Gasteiger partial charge in [0.2, 0.25) is 0 Å². The van der Waals surface area contributed by atoms with Crippen molar-refractivity contribution >= 4 is 0 Å². The van der Waals surface area contributed by atoms with Gasteiger partial charge in [-0.15, -0.1) is 0 Å². The first-order chi connectivity index (χ1) is 17.9. The minimum absolute atomic E-state index is 0.0977. The van der Waals surface area contributed by atoms with Crippen LogP contribution in [0.5, 0.6) is 5.75 Å². The van der Waals surface area contributed by atoms with E-state index in [-0.39, 0.29) is 24.9 Å². The summed E-state index contributed by atoms with van der Waals surface area (Å²) in [5, 5.41) is 0. The second-order valence-electron chi connectivity index (χ2n) is 8.77. The Morgan fingerprint density at radius 1 is 0.919 bits per heavy atom. The smallest absolute Gasteiger partial charge is 0.429 e. The lowest BCUT2D eigenvalue weighted by atomic mass is 10.1. The Morgan fingerprint density at radius 3 is 2.27 bits per heavy atom. The molecule has 0 radical (unpaired) electrons. The van der Waals surface area contributed by atoms with Crippen molar-refractivity contribution in [3.05, 3.63) is 66.3 Å². The highest BCUT2D eigenvalue weighted by Gasteiger charge is 2.48. The molecule has 4 rings (SSSR count). The Hall–Kier alpha value is -2.50. The van der Waals surface area contributed by atoms with E-state index < -0.39 is 42.0 Å². The number of allylic oxidation sites excluding steroid dienone is 1. The van der Waals surface area contributed by atoms with Gasteiger partial charge in [-0.1, -0.05) is 31.2 Å². The molecule has 10 heteroatoms. The van der Waals surface area contributed by atoms with Crippen LogP contribution in [0.25, 0.3) is 11.1 Å². The molecule has 2 aliphatic rings. The number of benzene rings is 2. The number of ether oxygens (including phenoxy) is 6. The van der Waals surface area contributed by atoms with Crippen LogP contribution in [0.4, 0.5) is 17.6 Å². The van der Waals surface area contributed by atoms with E-state index in [0.717, 1.165) is 18.9 Å². The van der Waals surface area contributed by atoms with Crippen molar-refractivity contribution < 1.29 is 46.0 Å². The fourth-order valence-corrected chi connectivity index (χ4v) is 3.95. The van der Waals surface area contributed by atoms with Crippen LogP contribution in [0.15, 0.2) is 54.6 Å². The van der Waals surface area contributed by atoms with Crippen molar-refractivity contribution in [3.63, 3.8) is 0 Å². The zero-order valence-electron chi connectivity index (χ0n) is 20.4. The predicted molar refractivity (Wildman–Crippen MR) is 126 cm³/mol. The largest absolute Gasteiger partial charge is 0.451 e. The topological polar surface area (TPSA) is 55.4 Å². The second-order valence-corrected chi connectivity index (χ2v) is 8.77. The van der Waals surface area contributed by atoms with Crippen LogP contribution >= 0.6 is 0 Å². The van der Waals surface area contributed by atoms with E-state index in [4.69, 9.17) is 28.4 Å². The van der Waals surface area contributed by atoms with Crippen LogP contribution in [-0.2, 0) is 23.7 Å². The molecule has 2 aliphatic heterocycles. The Morgan fingerprint density at radius 2 is 1.62 bits per heavy atom. The van der Waals surface area contributed by atoms with Crippen LogP contribution in [-0.4, -0.2) is 57.8 Å². The summed E-state index contributed by atoms with van der Waals surface area (Å²) in [6.07, 6.45) is -0.817. The predicted octanol–water partition coefficient (Wildman–Crippen LogP) is 5.71. The van der Waals surface area contributed by atoms with Crippen LogP contribution in [0.3, 0.4) is 0 Å². The molecule has 202 valence electrons. The number of alkyl halides is 2. The van der Waals surface area contributed by atoms with Crippen LogP contribution < -0.4 is 4.74 Å². The van der Waals surface area contributed by atoms with Gasteiger partial charge in [0.05, 0.1) is 39.0 Å². The van der Waals surface area contributed by atoms with Crippen molar-refractivity contribution in [2.45, 2.75) is 44.6 Å². The van der Waals surface area contributed by atoms with Gasteiger partial charge in [0.15, 0.2) is 6.29 Å². The molecule has 2 fully saturated rings. The normalized spacial score (nSPS) is 24.9. The zero-order valence-corrected chi connectivity index (χ0v) is 20.4. The minimum atomic E-state index is -3.88. The molecule has 0 amide bonds. The Balaban J connectivity index is 1.23. The van der Waals surface area contributed by atoms with E-state index >= 15 is 0 Å². The van der Waals surface area contributed by atoms with Gasteiger partial charge in [0.25, 0.3) is 6.29 Å². The molecule has 6 nitrogen and oxygen atoms in total. The van der Waals surface area contributed by atoms with Crippen molar-refractivity contribution in [2.24, 2.45) is 5.92 Å². The number of hydrogen-bond acceptors (Lipinski definition) is 6. The summed E-state index contributed by atoms with van der Waals surface area (Å²) < 4.78 is 89.3. The third-order valence-corrected chi connectivity index (χ3v) is 5.87. The lowest BCUT2D eigenvalue weighted by molar-refractivity contribution is -0.367. The lowest BCUT2D eigenvalue weighted by Crippen LogP contribution is -2.51. The minimum Gasteiger partial charge on any atom is -0.429 e. The van der Waals surface area contributed by atoms with E-state index in [2.05, 4.69) is 19.1 Å². The fourth-order valence-electron chi connectivity index (χ4n) is 3.95. The highest BCUT2D eigenvalue weighted by atomic mass is 19.3. The number of halogens is 4. The number of hydrogen-bond donors (Lipinski definition) is 0. The van der Waals surface area contributed by atoms with Crippen molar-refractivity contribution in [2.75, 3.05) is 33.0 Å². The van der Waals surface area contributed by atoms with Crippen molar-refractivity contribution in [3.8, 4) is 16.9 Å². The summed E-state index contributed by atoms with van der Waals surface area (Å²) in [6.45, 7) is 3.07. The molecule has 2 aromatic rings. The highest BCUT2D eigenvalue weighted by Crippen LogP contribution is 2.33. The van der Waals surface area contributed by atoms with E-state index in [9.17, 15) is 17.6 Å². The van der Waals surface area contributed by atoms with Gasteiger partial charge < -0.3 is 28.4 Å². The van der Waals surface area contributed by atoms with Gasteiger partial charge in [-0.25, -0.2) is 8.78 Å². The maximum Gasteiger partial charge on any atom is 0.451 e. The van der Waals surface area contributed by atoms with E-state index in [1.54, 1.807) is 0 Å². The van der Waals surface area contributed by atoms with Crippen LogP contribution in [0, 0.1) is 17.6 Å². The average Bonchev–Trinajstić information content (AvgIpc) is 2.90. The summed E-state index contributed by atoms with van der Waals surface area (Å²) in [5.41, 5.74) is 0.522. The van der Waals surface area contributed by atoms with E-state index in [1.165, 1.54) is 36.4 Å². The Bertz CT molecular complexity index is 1020. The summed E-state index contributed by atoms with van der Waals surface area (Å²) in [7, 11) is 0. The van der Waals surface area contributed by atoms with Gasteiger partial charge in [0, 0.05) is 11.6 Å². The molecule has 0 atom stereocenters. The molecule has 2 heterocycles. The van der Waals surface area contributed by atoms with Crippen LogP contribution in [0.2, 0.25) is 0 Å². The molecule has 2 saturated heterocycles. The summed E-state index contributed by atoms with van der Waals surface area (Å²) in [6, 6.07) is 8.46. The summed E-state index contributed by atoms with van der Waals surface area (Å²) in [5.74, 6) is -2.08. The molecule has 0 aliphatic carbocycles. The van der Waals surface area contributed by atoms with Gasteiger partial charge in [-0.3, -0.25) is 0 Å². The summed E-state index contributed by atoms with van der Waals surface area (Å²) in [4.78, 5) is 0. The molecule has 0 aromatic heterocycles. The first-order valence-electron chi connectivity index (χ1n) is 12.2. The molecule has 0 N–H and O–H groups in total. The molecule has 0 unspecified atom stereocenters. The zero-order chi connectivity index (χ0) is 26.3. The fraction of sp³-hybridized carbons (Fsp3) is 0.481. The molecular formula is C27H30F4O6. The Labute approximate surface area is 213 Å². The van der Waals surface area contributed by atoms with Crippen LogP contribution in [0.1, 0.15) is 19.8 Å². The molecule has 0 bridgehead atoms. The molecule has 0 spiro atoms. The summed E-state index contributed by atoms with van der Waals surface area (Å²) >= 11 is 0. The second kappa shape index (κ2) is 12.8. The first kappa shape index (κ1) is 27.5. The first-order valence-corrected chi connectivity index (χ1v) is 12.2. The molecule has 0 saturated carbocycles. The monoisotopic (exact) mass is 526 g/mol. The van der Waals surface area contributed by atoms with Gasteiger partial charge in [-0.05, 0) is 42.7 Å². The lowest BCUT2D eigenvalue weighted by Gasteiger charge is -2.38. The quantitative estimate of drug-likeness (QED) is 0.225. The number of rotatable bonds is 10. The maximum absolute atomic E-state index is 14.7. The highest BCUT2D eigenvalue weighted by molar-refractivity contribution is 5.64. The SMILES string of the molecule is CC/C=C\CCOC1COC(C2COC(C(F)(F)Oc3ccc(-c4ccc(F)cc4)c(F)c3)OC2)OC1. The van der Waals surface area contributed by atoms with Gasteiger partial charge in [0.1, 0.15) is 23.5 Å². The van der Waals surface area contributed by atoms with Crippen molar-refractivity contribution in [1.29, 1.82) is 0 Å². The Kier molecular flexibility index (Phi) is 9.55. The van der Waals surface area contributed by atoms with Gasteiger partial charge >= 0.3 is 6.11 Å². The average molecular weight is 527 g/mol. The third kappa shape index (κ3) is 7.52. The van der Waals surface area contributed by atoms with Crippen molar-refractivity contribution in [1.82, 2.24) is 0 Å². The van der Waals surface area contributed by atoms with E-state index in [1.807, 2.05) is 0 Å². The standard InChI is InChI=1S/C27H30F4O6/c1-2-3-4-5-12-32-22-16-33-25(34-17-22)19-14-35-26(36-15-19)27(30,31)37-21-10-11-23(24(29)13-21)18-6-8-20(28)9-7-18/h3-4,6-11,13,19,22,25-26H,2,5,12,14-17H2,1H3/b4-3-. The third-order valence-electron chi connectivity index (χ3n) is 5.87. The molecule has 37 heavy (non-hydrogen) atoms. The van der Waals surface area contributed by atoms with Gasteiger partial charge in [-0.2, -0.15) is 8.78 Å². The van der Waals surface area contributed by atoms with E-state index in [0.29, 0.717) is 25.4 Å². The maximum atomic E-state index is 14.7. The molecular weight excluding hydrogens is 496 g/mol.